The molecular formula is C15H17NO5. The zero-order valence-electron chi connectivity index (χ0n) is 12.0. The molecule has 6 nitrogen and oxygen atoms in total. The number of rotatable bonds is 7. The second kappa shape index (κ2) is 7.84. The van der Waals surface area contributed by atoms with Crippen LogP contribution in [0.25, 0.3) is 0 Å². The van der Waals surface area contributed by atoms with Crippen LogP contribution in [-0.2, 0) is 14.3 Å². The molecule has 1 aromatic rings. The van der Waals surface area contributed by atoms with Crippen LogP contribution < -0.4 is 10.1 Å². The van der Waals surface area contributed by atoms with Gasteiger partial charge in [-0.15, -0.1) is 0 Å². The molecule has 1 amide bonds. The molecule has 0 spiro atoms. The lowest BCUT2D eigenvalue weighted by molar-refractivity contribution is -0.135. The summed E-state index contributed by atoms with van der Waals surface area (Å²) in [6.45, 7) is 5.76. The Kier molecular flexibility index (Phi) is 6.13. The molecule has 0 saturated carbocycles. The van der Waals surface area contributed by atoms with Gasteiger partial charge in [0, 0.05) is 11.1 Å². The van der Waals surface area contributed by atoms with E-state index in [-0.39, 0.29) is 18.1 Å². The van der Waals surface area contributed by atoms with E-state index in [1.165, 1.54) is 12.1 Å². The maximum Gasteiger partial charge on any atom is 0.379 e. The number of methoxy groups -OCH3 is 1. The summed E-state index contributed by atoms with van der Waals surface area (Å²) in [5, 5.41) is 2.63. The fourth-order valence-corrected chi connectivity index (χ4v) is 1.40. The standard InChI is InChI=1S/C15H17NO5/c1-10(2)14(18)16-8-9-21-12-6-4-11(5-7-12)13(17)15(19)20-3/h4-7H,1,8-9H2,2-3H3,(H,16,18). The number of hydrogen-bond acceptors (Lipinski definition) is 5. The van der Waals surface area contributed by atoms with E-state index < -0.39 is 11.8 Å². The van der Waals surface area contributed by atoms with E-state index in [0.29, 0.717) is 17.9 Å². The molecule has 0 aliphatic rings. The van der Waals surface area contributed by atoms with E-state index in [4.69, 9.17) is 4.74 Å². The van der Waals surface area contributed by atoms with Gasteiger partial charge < -0.3 is 14.8 Å². The molecule has 0 aliphatic carbocycles. The third-order valence-electron chi connectivity index (χ3n) is 2.53. The van der Waals surface area contributed by atoms with Crippen LogP contribution in [0.15, 0.2) is 36.4 Å². The Morgan fingerprint density at radius 3 is 2.33 bits per heavy atom. The van der Waals surface area contributed by atoms with Crippen LogP contribution in [0.1, 0.15) is 17.3 Å². The first kappa shape index (κ1) is 16.4. The van der Waals surface area contributed by atoms with Gasteiger partial charge in [0.25, 0.3) is 5.78 Å². The molecule has 21 heavy (non-hydrogen) atoms. The third-order valence-corrected chi connectivity index (χ3v) is 2.53. The van der Waals surface area contributed by atoms with Gasteiger partial charge in [0.15, 0.2) is 0 Å². The molecule has 0 aromatic heterocycles. The Balaban J connectivity index is 2.45. The SMILES string of the molecule is C=C(C)C(=O)NCCOc1ccc(C(=O)C(=O)OC)cc1. The number of ketones is 1. The highest BCUT2D eigenvalue weighted by molar-refractivity contribution is 6.40. The first-order valence-electron chi connectivity index (χ1n) is 6.25. The van der Waals surface area contributed by atoms with Crippen molar-refractivity contribution in [3.05, 3.63) is 42.0 Å². The molecule has 6 heteroatoms. The number of Topliss-reactive ketones (excluding diaryl/α,β-unsaturated/α-hetero) is 1. The number of nitrogens with one attached hydrogen (secondary N) is 1. The lowest BCUT2D eigenvalue weighted by Crippen LogP contribution is -2.28. The van der Waals surface area contributed by atoms with Crippen LogP contribution >= 0.6 is 0 Å². The molecule has 1 aromatic carbocycles. The zero-order chi connectivity index (χ0) is 15.8. The van der Waals surface area contributed by atoms with Crippen LogP contribution in [0, 0.1) is 0 Å². The molecule has 1 N–H and O–H groups in total. The predicted octanol–water partition coefficient (Wildman–Crippen LogP) is 1.11. The van der Waals surface area contributed by atoms with Crippen LogP contribution in [0.5, 0.6) is 5.75 Å². The fourth-order valence-electron chi connectivity index (χ4n) is 1.40. The van der Waals surface area contributed by atoms with E-state index in [0.717, 1.165) is 7.11 Å². The van der Waals surface area contributed by atoms with Crippen LogP contribution in [0.2, 0.25) is 0 Å². The summed E-state index contributed by atoms with van der Waals surface area (Å²) in [7, 11) is 1.15. The van der Waals surface area contributed by atoms with Gasteiger partial charge in [-0.25, -0.2) is 4.79 Å². The Hall–Kier alpha value is -2.63. The number of ether oxygens (including phenoxy) is 2. The van der Waals surface area contributed by atoms with Gasteiger partial charge in [-0.1, -0.05) is 6.58 Å². The number of hydrogen-bond donors (Lipinski definition) is 1. The van der Waals surface area contributed by atoms with Gasteiger partial charge >= 0.3 is 5.97 Å². The molecule has 0 bridgehead atoms. The molecule has 0 unspecified atom stereocenters. The minimum atomic E-state index is -0.911. The summed E-state index contributed by atoms with van der Waals surface area (Å²) >= 11 is 0. The van der Waals surface area contributed by atoms with Crippen molar-refractivity contribution in [2.45, 2.75) is 6.92 Å². The molecule has 0 aliphatic heterocycles. The van der Waals surface area contributed by atoms with Crippen LogP contribution in [-0.4, -0.2) is 37.9 Å². The summed E-state index contributed by atoms with van der Waals surface area (Å²) in [5.41, 5.74) is 0.658. The Bertz CT molecular complexity index is 548. The van der Waals surface area contributed by atoms with Gasteiger partial charge in [0.2, 0.25) is 5.91 Å². The van der Waals surface area contributed by atoms with Crippen molar-refractivity contribution in [2.75, 3.05) is 20.3 Å². The number of esters is 1. The quantitative estimate of drug-likeness (QED) is 0.267. The molecule has 0 fully saturated rings. The summed E-state index contributed by atoms with van der Waals surface area (Å²) in [6, 6.07) is 6.08. The van der Waals surface area contributed by atoms with Crippen LogP contribution in [0.4, 0.5) is 0 Å². The number of amides is 1. The molecule has 112 valence electrons. The summed E-state index contributed by atoms with van der Waals surface area (Å²) in [6.07, 6.45) is 0. The Labute approximate surface area is 122 Å². The Morgan fingerprint density at radius 2 is 1.81 bits per heavy atom. The van der Waals surface area contributed by atoms with Crippen LogP contribution in [0.3, 0.4) is 0 Å². The highest BCUT2D eigenvalue weighted by Crippen LogP contribution is 2.12. The van der Waals surface area contributed by atoms with Crippen molar-refractivity contribution in [1.82, 2.24) is 5.32 Å². The summed E-state index contributed by atoms with van der Waals surface area (Å²) < 4.78 is 9.74. The van der Waals surface area contributed by atoms with E-state index >= 15 is 0 Å². The van der Waals surface area contributed by atoms with Gasteiger partial charge in [-0.2, -0.15) is 0 Å². The largest absolute Gasteiger partial charge is 0.492 e. The maximum absolute atomic E-state index is 11.5. The minimum absolute atomic E-state index is 0.224. The summed E-state index contributed by atoms with van der Waals surface area (Å²) in [5.74, 6) is -1.32. The lowest BCUT2D eigenvalue weighted by Gasteiger charge is -2.08. The van der Waals surface area contributed by atoms with Crippen molar-refractivity contribution in [1.29, 1.82) is 0 Å². The van der Waals surface area contributed by atoms with Gasteiger partial charge in [0.1, 0.15) is 12.4 Å². The smallest absolute Gasteiger partial charge is 0.379 e. The molecule has 0 radical (unpaired) electrons. The van der Waals surface area contributed by atoms with E-state index in [1.807, 2.05) is 0 Å². The minimum Gasteiger partial charge on any atom is -0.492 e. The van der Waals surface area contributed by atoms with Crippen molar-refractivity contribution in [3.63, 3.8) is 0 Å². The summed E-state index contributed by atoms with van der Waals surface area (Å²) in [4.78, 5) is 33.8. The predicted molar refractivity (Wildman–Crippen MR) is 76.1 cm³/mol. The van der Waals surface area contributed by atoms with Gasteiger partial charge in [0.05, 0.1) is 13.7 Å². The van der Waals surface area contributed by atoms with Crippen molar-refractivity contribution >= 4 is 17.7 Å². The first-order valence-corrected chi connectivity index (χ1v) is 6.25. The average Bonchev–Trinajstić information content (AvgIpc) is 2.50. The maximum atomic E-state index is 11.5. The highest BCUT2D eigenvalue weighted by atomic mass is 16.5. The van der Waals surface area contributed by atoms with E-state index in [9.17, 15) is 14.4 Å². The first-order chi connectivity index (χ1) is 9.95. The lowest BCUT2D eigenvalue weighted by atomic mass is 10.1. The highest BCUT2D eigenvalue weighted by Gasteiger charge is 2.16. The van der Waals surface area contributed by atoms with E-state index in [2.05, 4.69) is 16.6 Å². The topological polar surface area (TPSA) is 81.7 Å². The normalized spacial score (nSPS) is 9.62. The second-order valence-electron chi connectivity index (χ2n) is 4.23. The Morgan fingerprint density at radius 1 is 1.19 bits per heavy atom. The van der Waals surface area contributed by atoms with E-state index in [1.54, 1.807) is 19.1 Å². The van der Waals surface area contributed by atoms with Crippen molar-refractivity contribution in [2.24, 2.45) is 0 Å². The number of carbonyl (C=O) groups is 3. The third kappa shape index (κ3) is 5.10. The van der Waals surface area contributed by atoms with Crippen molar-refractivity contribution < 1.29 is 23.9 Å². The molecule has 0 atom stereocenters. The molecular weight excluding hydrogens is 274 g/mol. The number of carbonyl (C=O) groups excluding carboxylic acids is 3. The molecule has 0 saturated heterocycles. The van der Waals surface area contributed by atoms with Gasteiger partial charge in [-0.05, 0) is 31.2 Å². The van der Waals surface area contributed by atoms with Crippen molar-refractivity contribution in [3.8, 4) is 5.75 Å². The fraction of sp³-hybridized carbons (Fsp3) is 0.267. The number of benzene rings is 1. The second-order valence-corrected chi connectivity index (χ2v) is 4.23. The monoisotopic (exact) mass is 291 g/mol. The molecule has 0 heterocycles. The molecule has 1 rings (SSSR count). The average molecular weight is 291 g/mol. The van der Waals surface area contributed by atoms with Gasteiger partial charge in [-0.3, -0.25) is 9.59 Å². The zero-order valence-corrected chi connectivity index (χ0v) is 12.0.